The van der Waals surface area contributed by atoms with Crippen molar-refractivity contribution < 1.29 is 9.59 Å². The number of benzene rings is 1. The van der Waals surface area contributed by atoms with Crippen molar-refractivity contribution in [2.75, 3.05) is 33.2 Å². The Labute approximate surface area is 195 Å². The van der Waals surface area contributed by atoms with E-state index >= 15 is 0 Å². The average molecular weight is 442 g/mol. The first-order valence-electron chi connectivity index (χ1n) is 12.8. The second-order valence-electron chi connectivity index (χ2n) is 9.79. The number of nitrogens with zero attached hydrogens (tertiary/aromatic N) is 3. The summed E-state index contributed by atoms with van der Waals surface area (Å²) in [4.78, 5) is 32.4. The van der Waals surface area contributed by atoms with E-state index in [1.807, 2.05) is 30.1 Å². The van der Waals surface area contributed by atoms with E-state index in [1.54, 1.807) is 0 Å². The van der Waals surface area contributed by atoms with Gasteiger partial charge in [-0.05, 0) is 57.2 Å². The molecular formula is C27H43N3O2. The summed E-state index contributed by atoms with van der Waals surface area (Å²) in [5, 5.41) is 0. The van der Waals surface area contributed by atoms with E-state index in [9.17, 15) is 9.59 Å². The Morgan fingerprint density at radius 3 is 2.25 bits per heavy atom. The number of amides is 2. The van der Waals surface area contributed by atoms with Crippen LogP contribution in [-0.2, 0) is 16.1 Å². The maximum absolute atomic E-state index is 12.9. The van der Waals surface area contributed by atoms with Gasteiger partial charge < -0.3 is 14.7 Å². The van der Waals surface area contributed by atoms with Crippen molar-refractivity contribution >= 4 is 11.8 Å². The minimum absolute atomic E-state index is 0.144. The minimum atomic E-state index is 0.144. The molecule has 5 nitrogen and oxygen atoms in total. The molecule has 1 aromatic rings. The molecule has 32 heavy (non-hydrogen) atoms. The number of hydrogen-bond donors (Lipinski definition) is 0. The largest absolute Gasteiger partial charge is 0.342 e. The second-order valence-corrected chi connectivity index (χ2v) is 9.79. The lowest BCUT2D eigenvalue weighted by molar-refractivity contribution is -0.139. The third-order valence-corrected chi connectivity index (χ3v) is 7.56. The van der Waals surface area contributed by atoms with Crippen LogP contribution in [0.3, 0.4) is 0 Å². The summed E-state index contributed by atoms with van der Waals surface area (Å²) in [5.41, 5.74) is 1.18. The summed E-state index contributed by atoms with van der Waals surface area (Å²) in [5.74, 6) is 1.02. The molecule has 2 aliphatic heterocycles. The molecule has 0 spiro atoms. The van der Waals surface area contributed by atoms with E-state index in [0.29, 0.717) is 18.5 Å². The molecule has 1 aromatic carbocycles. The van der Waals surface area contributed by atoms with E-state index in [4.69, 9.17) is 0 Å². The highest BCUT2D eigenvalue weighted by Crippen LogP contribution is 2.26. The lowest BCUT2D eigenvalue weighted by atomic mass is 9.91. The molecule has 2 fully saturated rings. The van der Waals surface area contributed by atoms with Gasteiger partial charge in [0.15, 0.2) is 0 Å². The van der Waals surface area contributed by atoms with E-state index in [-0.39, 0.29) is 17.7 Å². The number of rotatable bonds is 9. The maximum atomic E-state index is 12.9. The minimum Gasteiger partial charge on any atom is -0.342 e. The first-order valence-corrected chi connectivity index (χ1v) is 12.8. The lowest BCUT2D eigenvalue weighted by Crippen LogP contribution is -2.51. The standard InChI is InChI=1S/C27H43N3O2/c1-4-6-12-23(5-2)27(32)30-19-15-25(16-20-30)29-17-13-24(14-18-29)26(31)28(3)21-22-10-8-7-9-11-22/h7-11,23-25H,4-6,12-21H2,1-3H3. The summed E-state index contributed by atoms with van der Waals surface area (Å²) in [6.45, 7) is 8.82. The zero-order valence-corrected chi connectivity index (χ0v) is 20.5. The quantitative estimate of drug-likeness (QED) is 0.564. The molecule has 2 aliphatic rings. The molecule has 1 unspecified atom stereocenters. The number of unbranched alkanes of at least 4 members (excludes halogenated alkanes) is 1. The molecule has 0 bridgehead atoms. The van der Waals surface area contributed by atoms with Crippen molar-refractivity contribution in [3.8, 4) is 0 Å². The monoisotopic (exact) mass is 441 g/mol. The molecule has 3 rings (SSSR count). The molecule has 0 N–H and O–H groups in total. The Kier molecular flexibility index (Phi) is 9.58. The number of piperidine rings is 2. The van der Waals surface area contributed by atoms with Crippen molar-refractivity contribution in [1.29, 1.82) is 0 Å². The topological polar surface area (TPSA) is 43.9 Å². The van der Waals surface area contributed by atoms with E-state index in [0.717, 1.165) is 77.5 Å². The Bertz CT molecular complexity index is 707. The smallest absolute Gasteiger partial charge is 0.225 e. The predicted molar refractivity (Wildman–Crippen MR) is 130 cm³/mol. The van der Waals surface area contributed by atoms with Gasteiger partial charge >= 0.3 is 0 Å². The SMILES string of the molecule is CCCCC(CC)C(=O)N1CCC(N2CCC(C(=O)N(C)Cc3ccccc3)CC2)CC1. The average Bonchev–Trinajstić information content (AvgIpc) is 2.84. The van der Waals surface area contributed by atoms with E-state index < -0.39 is 0 Å². The molecular weight excluding hydrogens is 398 g/mol. The van der Waals surface area contributed by atoms with Gasteiger partial charge in [-0.25, -0.2) is 0 Å². The Hall–Kier alpha value is -1.88. The van der Waals surface area contributed by atoms with Gasteiger partial charge in [-0.15, -0.1) is 0 Å². The maximum Gasteiger partial charge on any atom is 0.225 e. The van der Waals surface area contributed by atoms with Crippen molar-refractivity contribution in [3.63, 3.8) is 0 Å². The molecule has 0 radical (unpaired) electrons. The van der Waals surface area contributed by atoms with Crippen molar-refractivity contribution in [3.05, 3.63) is 35.9 Å². The first-order chi connectivity index (χ1) is 15.5. The first kappa shape index (κ1) is 24.8. The summed E-state index contributed by atoms with van der Waals surface area (Å²) >= 11 is 0. The molecule has 0 aromatic heterocycles. The van der Waals surface area contributed by atoms with Gasteiger partial charge in [0.25, 0.3) is 0 Å². The lowest BCUT2D eigenvalue weighted by Gasteiger charge is -2.42. The van der Waals surface area contributed by atoms with Crippen LogP contribution in [0.15, 0.2) is 30.3 Å². The molecule has 0 aliphatic carbocycles. The fourth-order valence-corrected chi connectivity index (χ4v) is 5.42. The summed E-state index contributed by atoms with van der Waals surface area (Å²) < 4.78 is 0. The summed E-state index contributed by atoms with van der Waals surface area (Å²) in [6.07, 6.45) is 8.34. The van der Waals surface area contributed by atoms with Crippen LogP contribution < -0.4 is 0 Å². The molecule has 2 amide bonds. The molecule has 5 heteroatoms. The molecule has 2 heterocycles. The Morgan fingerprint density at radius 2 is 1.66 bits per heavy atom. The summed E-state index contributed by atoms with van der Waals surface area (Å²) in [6, 6.07) is 10.8. The van der Waals surface area contributed by atoms with Crippen LogP contribution in [0.5, 0.6) is 0 Å². The van der Waals surface area contributed by atoms with Gasteiger partial charge in [-0.3, -0.25) is 9.59 Å². The predicted octanol–water partition coefficient (Wildman–Crippen LogP) is 4.56. The summed E-state index contributed by atoms with van der Waals surface area (Å²) in [7, 11) is 1.93. The van der Waals surface area contributed by atoms with Gasteiger partial charge in [-0.1, -0.05) is 57.0 Å². The van der Waals surface area contributed by atoms with Gasteiger partial charge in [0.2, 0.25) is 11.8 Å². The number of hydrogen-bond acceptors (Lipinski definition) is 3. The molecule has 0 saturated carbocycles. The van der Waals surface area contributed by atoms with Crippen molar-refractivity contribution in [1.82, 2.24) is 14.7 Å². The highest BCUT2D eigenvalue weighted by atomic mass is 16.2. The van der Waals surface area contributed by atoms with Gasteiger partial charge in [0.05, 0.1) is 0 Å². The second kappa shape index (κ2) is 12.4. The zero-order chi connectivity index (χ0) is 22.9. The number of carbonyl (C=O) groups is 2. The molecule has 2 saturated heterocycles. The van der Waals surface area contributed by atoms with Crippen LogP contribution >= 0.6 is 0 Å². The normalized spacial score (nSPS) is 19.7. The third-order valence-electron chi connectivity index (χ3n) is 7.56. The van der Waals surface area contributed by atoms with Crippen LogP contribution in [0.2, 0.25) is 0 Å². The molecule has 178 valence electrons. The van der Waals surface area contributed by atoms with Gasteiger partial charge in [-0.2, -0.15) is 0 Å². The van der Waals surface area contributed by atoms with E-state index in [2.05, 4.69) is 35.8 Å². The van der Waals surface area contributed by atoms with Crippen LogP contribution in [0.4, 0.5) is 0 Å². The molecule has 1 atom stereocenters. The van der Waals surface area contributed by atoms with Crippen LogP contribution in [0, 0.1) is 11.8 Å². The third kappa shape index (κ3) is 6.57. The fraction of sp³-hybridized carbons (Fsp3) is 0.704. The Balaban J connectivity index is 1.41. The van der Waals surface area contributed by atoms with Crippen LogP contribution in [0.25, 0.3) is 0 Å². The van der Waals surface area contributed by atoms with Crippen LogP contribution in [0.1, 0.15) is 70.8 Å². The van der Waals surface area contributed by atoms with Crippen molar-refractivity contribution in [2.45, 2.75) is 77.8 Å². The van der Waals surface area contributed by atoms with E-state index in [1.165, 1.54) is 5.56 Å². The highest BCUT2D eigenvalue weighted by molar-refractivity contribution is 5.79. The fourth-order valence-electron chi connectivity index (χ4n) is 5.42. The van der Waals surface area contributed by atoms with Gasteiger partial charge in [0, 0.05) is 44.6 Å². The van der Waals surface area contributed by atoms with Gasteiger partial charge in [0.1, 0.15) is 0 Å². The Morgan fingerprint density at radius 1 is 1.00 bits per heavy atom. The van der Waals surface area contributed by atoms with Crippen LogP contribution in [-0.4, -0.2) is 65.8 Å². The zero-order valence-electron chi connectivity index (χ0n) is 20.5. The number of carbonyl (C=O) groups excluding carboxylic acids is 2. The van der Waals surface area contributed by atoms with Crippen molar-refractivity contribution in [2.24, 2.45) is 11.8 Å². The highest BCUT2D eigenvalue weighted by Gasteiger charge is 2.33. The number of likely N-dealkylation sites (tertiary alicyclic amines) is 2.